The summed E-state index contributed by atoms with van der Waals surface area (Å²) < 4.78 is 30.0. The van der Waals surface area contributed by atoms with Gasteiger partial charge in [0.2, 0.25) is 11.8 Å². The van der Waals surface area contributed by atoms with Crippen LogP contribution in [0, 0.1) is 11.6 Å². The van der Waals surface area contributed by atoms with Crippen molar-refractivity contribution in [2.45, 2.75) is 64.6 Å². The van der Waals surface area contributed by atoms with Crippen molar-refractivity contribution in [1.29, 1.82) is 0 Å². The summed E-state index contributed by atoms with van der Waals surface area (Å²) in [6.45, 7) is 4.19. The molecular formula is C29H33F2N5O4S. The molecule has 2 aromatic heterocycles. The van der Waals surface area contributed by atoms with Crippen molar-refractivity contribution in [3.05, 3.63) is 64.9 Å². The highest BCUT2D eigenvalue weighted by Gasteiger charge is 2.25. The van der Waals surface area contributed by atoms with Crippen molar-refractivity contribution < 1.29 is 28.3 Å². The van der Waals surface area contributed by atoms with Gasteiger partial charge < -0.3 is 26.4 Å². The minimum absolute atomic E-state index is 0.0107. The Kier molecular flexibility index (Phi) is 9.03. The number of primary amides is 1. The Bertz CT molecular complexity index is 1440. The van der Waals surface area contributed by atoms with Crippen LogP contribution in [-0.4, -0.2) is 45.3 Å². The van der Waals surface area contributed by atoms with E-state index in [1.54, 1.807) is 18.2 Å². The highest BCUT2D eigenvalue weighted by Crippen LogP contribution is 2.40. The molecule has 4 rings (SSSR count). The number of nitrogens with zero attached hydrogens (tertiary/aromatic N) is 2. The third kappa shape index (κ3) is 7.44. The Balaban J connectivity index is 1.55. The van der Waals surface area contributed by atoms with E-state index in [1.807, 2.05) is 0 Å². The van der Waals surface area contributed by atoms with Crippen LogP contribution in [0.3, 0.4) is 0 Å². The largest absolute Gasteiger partial charge is 0.386 e. The number of hydrogen-bond donors (Lipinski definition) is 4. The van der Waals surface area contributed by atoms with Gasteiger partial charge in [-0.25, -0.2) is 13.8 Å². The summed E-state index contributed by atoms with van der Waals surface area (Å²) in [6.07, 6.45) is 4.02. The molecule has 3 aromatic rings. The van der Waals surface area contributed by atoms with Crippen LogP contribution in [0.15, 0.2) is 36.4 Å². The second-order valence-corrected chi connectivity index (χ2v) is 11.7. The number of thiophene rings is 1. The molecule has 12 heteroatoms. The minimum atomic E-state index is -1.45. The number of halogens is 2. The number of carbonyl (C=O) groups is 3. The number of aromatic nitrogens is 1. The van der Waals surface area contributed by atoms with Gasteiger partial charge in [-0.05, 0) is 62.6 Å². The number of amides is 3. The second-order valence-electron chi connectivity index (χ2n) is 10.7. The molecule has 9 nitrogen and oxygen atoms in total. The molecule has 0 unspecified atom stereocenters. The highest BCUT2D eigenvalue weighted by atomic mass is 32.1. The molecule has 0 bridgehead atoms. The van der Waals surface area contributed by atoms with Gasteiger partial charge in [0.25, 0.3) is 5.91 Å². The zero-order valence-electron chi connectivity index (χ0n) is 23.1. The predicted octanol–water partition coefficient (Wildman–Crippen LogP) is 4.57. The summed E-state index contributed by atoms with van der Waals surface area (Å²) in [5.41, 5.74) is 4.31. The van der Waals surface area contributed by atoms with E-state index in [1.165, 1.54) is 31.7 Å². The molecular weight excluding hydrogens is 552 g/mol. The fraction of sp³-hybridized carbons (Fsp3) is 0.379. The Hall–Kier alpha value is -3.90. The molecule has 3 amide bonds. The molecule has 1 saturated carbocycles. The van der Waals surface area contributed by atoms with Crippen LogP contribution < -0.4 is 16.4 Å². The van der Waals surface area contributed by atoms with Gasteiger partial charge in [-0.1, -0.05) is 18.9 Å². The van der Waals surface area contributed by atoms with Gasteiger partial charge in [0.1, 0.15) is 22.5 Å². The molecule has 1 aromatic carbocycles. The van der Waals surface area contributed by atoms with Crippen molar-refractivity contribution in [3.63, 3.8) is 0 Å². The number of rotatable bonds is 10. The first-order chi connectivity index (χ1) is 19.3. The van der Waals surface area contributed by atoms with E-state index in [-0.39, 0.29) is 57.5 Å². The van der Waals surface area contributed by atoms with E-state index in [4.69, 9.17) is 5.73 Å². The van der Waals surface area contributed by atoms with Crippen LogP contribution in [0.5, 0.6) is 0 Å². The molecule has 5 N–H and O–H groups in total. The van der Waals surface area contributed by atoms with Crippen LogP contribution >= 0.6 is 11.3 Å². The van der Waals surface area contributed by atoms with E-state index >= 15 is 0 Å². The van der Waals surface area contributed by atoms with Crippen molar-refractivity contribution in [3.8, 4) is 10.4 Å². The fourth-order valence-corrected chi connectivity index (χ4v) is 5.82. The van der Waals surface area contributed by atoms with Crippen LogP contribution in [0.4, 0.5) is 19.6 Å². The average molecular weight is 586 g/mol. The Labute approximate surface area is 240 Å². The Morgan fingerprint density at radius 1 is 1.15 bits per heavy atom. The molecule has 1 fully saturated rings. The lowest BCUT2D eigenvalue weighted by Gasteiger charge is -2.22. The van der Waals surface area contributed by atoms with Crippen LogP contribution in [0.1, 0.15) is 68.1 Å². The smallest absolute Gasteiger partial charge is 0.251 e. The van der Waals surface area contributed by atoms with E-state index in [2.05, 4.69) is 15.6 Å². The summed E-state index contributed by atoms with van der Waals surface area (Å²) in [5.74, 6) is -2.81. The van der Waals surface area contributed by atoms with Gasteiger partial charge in [-0.15, -0.1) is 11.3 Å². The predicted molar refractivity (Wildman–Crippen MR) is 152 cm³/mol. The average Bonchev–Trinajstić information content (AvgIpc) is 3.53. The molecule has 218 valence electrons. The van der Waals surface area contributed by atoms with Gasteiger partial charge in [0.05, 0.1) is 35.5 Å². The zero-order chi connectivity index (χ0) is 29.9. The molecule has 2 heterocycles. The van der Waals surface area contributed by atoms with Crippen molar-refractivity contribution in [2.24, 2.45) is 5.73 Å². The summed E-state index contributed by atoms with van der Waals surface area (Å²) in [4.78, 5) is 43.0. The first-order valence-corrected chi connectivity index (χ1v) is 14.1. The normalized spacial score (nSPS) is 13.7. The maximum atomic E-state index is 15.0. The first kappa shape index (κ1) is 30.1. The quantitative estimate of drug-likeness (QED) is 0.275. The topological polar surface area (TPSA) is 138 Å². The Morgan fingerprint density at radius 3 is 2.39 bits per heavy atom. The van der Waals surface area contributed by atoms with Crippen LogP contribution in [0.2, 0.25) is 0 Å². The third-order valence-electron chi connectivity index (χ3n) is 6.89. The lowest BCUT2D eigenvalue weighted by Crippen LogP contribution is -2.42. The van der Waals surface area contributed by atoms with Crippen molar-refractivity contribution in [1.82, 2.24) is 15.2 Å². The summed E-state index contributed by atoms with van der Waals surface area (Å²) in [7, 11) is 0. The molecule has 1 aliphatic rings. The minimum Gasteiger partial charge on any atom is -0.386 e. The van der Waals surface area contributed by atoms with Gasteiger partial charge in [0, 0.05) is 17.8 Å². The lowest BCUT2D eigenvalue weighted by molar-refractivity contribution is -0.135. The standard InChI is InChI=1S/C29H33F2N5O4S/c1-16(37)36(15-25(38)34-18-7-4-5-8-18)14-19-9-6-10-24(33-19)35-28-20(27(32)39)13-23(41-28)26-21(30)11-17(12-22(26)31)29(2,3)40/h6,9-13,18,40H,4-5,7-8,14-15H2,1-3H3,(H2,32,39)(H,33,35)(H,34,38). The number of anilines is 2. The maximum Gasteiger partial charge on any atom is 0.251 e. The molecule has 41 heavy (non-hydrogen) atoms. The summed E-state index contributed by atoms with van der Waals surface area (Å²) in [5, 5.41) is 16.3. The second kappa shape index (κ2) is 12.3. The van der Waals surface area contributed by atoms with Crippen LogP contribution in [0.25, 0.3) is 10.4 Å². The van der Waals surface area contributed by atoms with Gasteiger partial charge in [-0.2, -0.15) is 0 Å². The fourth-order valence-electron chi connectivity index (χ4n) is 4.70. The lowest BCUT2D eigenvalue weighted by atomic mass is 9.96. The number of nitrogens with one attached hydrogen (secondary N) is 2. The maximum absolute atomic E-state index is 15.0. The van der Waals surface area contributed by atoms with Crippen molar-refractivity contribution >= 4 is 39.9 Å². The number of hydrogen-bond acceptors (Lipinski definition) is 7. The van der Waals surface area contributed by atoms with E-state index < -0.39 is 23.1 Å². The van der Waals surface area contributed by atoms with E-state index in [0.717, 1.165) is 49.2 Å². The molecule has 0 radical (unpaired) electrons. The number of aliphatic hydroxyl groups is 1. The van der Waals surface area contributed by atoms with E-state index in [9.17, 15) is 28.3 Å². The number of pyridine rings is 1. The third-order valence-corrected chi connectivity index (χ3v) is 7.96. The molecule has 1 aliphatic carbocycles. The SMILES string of the molecule is CC(=O)N(CC(=O)NC1CCCC1)Cc1cccc(Nc2sc(-c3c(F)cc(C(C)(C)O)cc3F)cc2C(N)=O)n1. The van der Waals surface area contributed by atoms with Gasteiger partial charge >= 0.3 is 0 Å². The monoisotopic (exact) mass is 585 g/mol. The summed E-state index contributed by atoms with van der Waals surface area (Å²) >= 11 is 0.914. The van der Waals surface area contributed by atoms with Gasteiger partial charge in [-0.3, -0.25) is 14.4 Å². The first-order valence-electron chi connectivity index (χ1n) is 13.3. The van der Waals surface area contributed by atoms with Crippen LogP contribution in [-0.2, 0) is 21.7 Å². The number of nitrogens with two attached hydrogens (primary N) is 1. The molecule has 0 saturated heterocycles. The summed E-state index contributed by atoms with van der Waals surface area (Å²) in [6, 6.07) is 8.54. The van der Waals surface area contributed by atoms with E-state index in [0.29, 0.717) is 11.5 Å². The van der Waals surface area contributed by atoms with Crippen molar-refractivity contribution in [2.75, 3.05) is 11.9 Å². The number of benzene rings is 1. The molecule has 0 spiro atoms. The molecule has 0 aliphatic heterocycles. The molecule has 0 atom stereocenters. The van der Waals surface area contributed by atoms with Gasteiger partial charge in [0.15, 0.2) is 0 Å². The number of carbonyl (C=O) groups excluding carboxylic acids is 3. The Morgan fingerprint density at radius 2 is 1.80 bits per heavy atom. The highest BCUT2D eigenvalue weighted by molar-refractivity contribution is 7.20. The zero-order valence-corrected chi connectivity index (χ0v) is 23.9.